The van der Waals surface area contributed by atoms with Crippen molar-refractivity contribution in [3.8, 4) is 0 Å². The summed E-state index contributed by atoms with van der Waals surface area (Å²) in [5, 5.41) is 10.7. The van der Waals surface area contributed by atoms with Crippen molar-refractivity contribution in [2.45, 2.75) is 13.8 Å². The molecule has 0 fully saturated rings. The average Bonchev–Trinajstić information content (AvgIpc) is 2.80. The van der Waals surface area contributed by atoms with Gasteiger partial charge in [0.05, 0.1) is 0 Å². The van der Waals surface area contributed by atoms with Crippen molar-refractivity contribution >= 4 is 17.4 Å². The third-order valence-corrected chi connectivity index (χ3v) is 3.00. The van der Waals surface area contributed by atoms with E-state index in [9.17, 15) is 4.79 Å². The van der Waals surface area contributed by atoms with Crippen molar-refractivity contribution in [3.05, 3.63) is 53.6 Å². The minimum absolute atomic E-state index is 0.216. The average molecular weight is 267 g/mol. The highest BCUT2D eigenvalue weighted by molar-refractivity contribution is 6.04. The molecule has 0 aliphatic rings. The fourth-order valence-electron chi connectivity index (χ4n) is 1.94. The third-order valence-electron chi connectivity index (χ3n) is 3.00. The normalized spacial score (nSPS) is 10.7. The van der Waals surface area contributed by atoms with Gasteiger partial charge < -0.3 is 5.32 Å². The van der Waals surface area contributed by atoms with Crippen molar-refractivity contribution in [2.24, 2.45) is 0 Å². The number of anilines is 1. The lowest BCUT2D eigenvalue weighted by Gasteiger charge is -2.05. The molecule has 3 aromatic heterocycles. The summed E-state index contributed by atoms with van der Waals surface area (Å²) in [5.41, 5.74) is 2.21. The van der Waals surface area contributed by atoms with Crippen molar-refractivity contribution in [1.29, 1.82) is 0 Å². The number of carbonyl (C=O) groups is 1. The predicted molar refractivity (Wildman–Crippen MR) is 74.7 cm³/mol. The van der Waals surface area contributed by atoms with Gasteiger partial charge in [0.15, 0.2) is 5.65 Å². The number of hydrogen-bond acceptors (Lipinski definition) is 4. The Bertz CT molecular complexity index is 793. The van der Waals surface area contributed by atoms with Crippen LogP contribution in [0.1, 0.15) is 21.7 Å². The number of aromatic nitrogens is 4. The lowest BCUT2D eigenvalue weighted by atomic mass is 10.2. The molecule has 0 aliphatic carbocycles. The van der Waals surface area contributed by atoms with E-state index in [-0.39, 0.29) is 5.91 Å². The molecule has 1 amide bonds. The lowest BCUT2D eigenvalue weighted by Crippen LogP contribution is -2.13. The van der Waals surface area contributed by atoms with Crippen molar-refractivity contribution in [3.63, 3.8) is 0 Å². The SMILES string of the molecule is Cc1ccnc(NC(=O)c2ccn3c(C)nnc3c2)c1. The van der Waals surface area contributed by atoms with Gasteiger partial charge in [0.1, 0.15) is 11.6 Å². The number of nitrogens with zero attached hydrogens (tertiary/aromatic N) is 4. The minimum Gasteiger partial charge on any atom is -0.307 e. The van der Waals surface area contributed by atoms with Crippen LogP contribution in [-0.2, 0) is 0 Å². The first-order valence-corrected chi connectivity index (χ1v) is 6.19. The van der Waals surface area contributed by atoms with E-state index >= 15 is 0 Å². The number of fused-ring (bicyclic) bond motifs is 1. The fourth-order valence-corrected chi connectivity index (χ4v) is 1.94. The van der Waals surface area contributed by atoms with Gasteiger partial charge in [-0.15, -0.1) is 10.2 Å². The molecule has 0 unspecified atom stereocenters. The molecule has 0 saturated carbocycles. The molecule has 6 nitrogen and oxygen atoms in total. The maximum Gasteiger partial charge on any atom is 0.257 e. The van der Waals surface area contributed by atoms with Crippen molar-refractivity contribution in [2.75, 3.05) is 5.32 Å². The molecule has 0 aliphatic heterocycles. The number of amides is 1. The van der Waals surface area contributed by atoms with Crippen LogP contribution in [0, 0.1) is 13.8 Å². The van der Waals surface area contributed by atoms with E-state index in [0.29, 0.717) is 17.0 Å². The molecule has 0 atom stereocenters. The number of pyridine rings is 2. The van der Waals surface area contributed by atoms with Crippen LogP contribution in [0.25, 0.3) is 5.65 Å². The fraction of sp³-hybridized carbons (Fsp3) is 0.143. The Morgan fingerprint density at radius 3 is 2.85 bits per heavy atom. The van der Waals surface area contributed by atoms with Gasteiger partial charge in [0.25, 0.3) is 5.91 Å². The van der Waals surface area contributed by atoms with E-state index in [0.717, 1.165) is 11.4 Å². The number of hydrogen-bond donors (Lipinski definition) is 1. The van der Waals surface area contributed by atoms with Crippen LogP contribution in [0.5, 0.6) is 0 Å². The Labute approximate surface area is 115 Å². The molecule has 0 bridgehead atoms. The molecule has 6 heteroatoms. The van der Waals surface area contributed by atoms with Gasteiger partial charge in [0.2, 0.25) is 0 Å². The summed E-state index contributed by atoms with van der Waals surface area (Å²) in [6.07, 6.45) is 3.44. The number of aryl methyl sites for hydroxylation is 2. The van der Waals surface area contributed by atoms with E-state index < -0.39 is 0 Å². The summed E-state index contributed by atoms with van der Waals surface area (Å²) in [6, 6.07) is 7.12. The second-order valence-electron chi connectivity index (χ2n) is 4.56. The molecular weight excluding hydrogens is 254 g/mol. The number of carbonyl (C=O) groups excluding carboxylic acids is 1. The molecule has 0 saturated heterocycles. The van der Waals surface area contributed by atoms with Crippen LogP contribution in [0.3, 0.4) is 0 Å². The largest absolute Gasteiger partial charge is 0.307 e. The van der Waals surface area contributed by atoms with E-state index in [2.05, 4.69) is 20.5 Å². The smallest absolute Gasteiger partial charge is 0.257 e. The van der Waals surface area contributed by atoms with E-state index in [4.69, 9.17) is 0 Å². The molecule has 3 heterocycles. The molecule has 0 aromatic carbocycles. The van der Waals surface area contributed by atoms with Gasteiger partial charge in [-0.2, -0.15) is 0 Å². The van der Waals surface area contributed by atoms with Crippen LogP contribution in [-0.4, -0.2) is 25.5 Å². The lowest BCUT2D eigenvalue weighted by molar-refractivity contribution is 0.102. The zero-order valence-corrected chi connectivity index (χ0v) is 11.2. The highest BCUT2D eigenvalue weighted by Gasteiger charge is 2.09. The summed E-state index contributed by atoms with van der Waals surface area (Å²) in [5.74, 6) is 1.10. The summed E-state index contributed by atoms with van der Waals surface area (Å²) >= 11 is 0. The van der Waals surface area contributed by atoms with Gasteiger partial charge in [0, 0.05) is 18.0 Å². The summed E-state index contributed by atoms with van der Waals surface area (Å²) < 4.78 is 1.82. The highest BCUT2D eigenvalue weighted by Crippen LogP contribution is 2.10. The Morgan fingerprint density at radius 2 is 2.05 bits per heavy atom. The molecule has 100 valence electrons. The topological polar surface area (TPSA) is 72.2 Å². The molecule has 20 heavy (non-hydrogen) atoms. The Kier molecular flexibility index (Phi) is 2.90. The zero-order valence-electron chi connectivity index (χ0n) is 11.2. The number of rotatable bonds is 2. The van der Waals surface area contributed by atoms with Crippen LogP contribution in [0.2, 0.25) is 0 Å². The summed E-state index contributed by atoms with van der Waals surface area (Å²) in [7, 11) is 0. The molecule has 0 radical (unpaired) electrons. The maximum atomic E-state index is 12.2. The van der Waals surface area contributed by atoms with Gasteiger partial charge >= 0.3 is 0 Å². The standard InChI is InChI=1S/C14H13N5O/c1-9-3-5-15-12(7-9)16-14(20)11-4-6-19-10(2)17-18-13(19)8-11/h3-8H,1-2H3,(H,15,16,20). The quantitative estimate of drug-likeness (QED) is 0.770. The first-order valence-electron chi connectivity index (χ1n) is 6.19. The van der Waals surface area contributed by atoms with Crippen LogP contribution >= 0.6 is 0 Å². The molecule has 3 rings (SSSR count). The maximum absolute atomic E-state index is 12.2. The molecule has 0 spiro atoms. The highest BCUT2D eigenvalue weighted by atomic mass is 16.1. The molecule has 1 N–H and O–H groups in total. The van der Waals surface area contributed by atoms with E-state index in [1.54, 1.807) is 24.5 Å². The van der Waals surface area contributed by atoms with Crippen LogP contribution < -0.4 is 5.32 Å². The van der Waals surface area contributed by atoms with Crippen LogP contribution in [0.15, 0.2) is 36.7 Å². The zero-order chi connectivity index (χ0) is 14.1. The van der Waals surface area contributed by atoms with E-state index in [1.807, 2.05) is 30.4 Å². The Morgan fingerprint density at radius 1 is 1.20 bits per heavy atom. The third kappa shape index (κ3) is 2.23. The van der Waals surface area contributed by atoms with Gasteiger partial charge in [-0.1, -0.05) is 0 Å². The van der Waals surface area contributed by atoms with Gasteiger partial charge in [-0.05, 0) is 43.7 Å². The first kappa shape index (κ1) is 12.3. The van der Waals surface area contributed by atoms with E-state index in [1.165, 1.54) is 0 Å². The summed E-state index contributed by atoms with van der Waals surface area (Å²) in [4.78, 5) is 16.3. The summed E-state index contributed by atoms with van der Waals surface area (Å²) in [6.45, 7) is 3.80. The van der Waals surface area contributed by atoms with Gasteiger partial charge in [-0.3, -0.25) is 9.20 Å². The van der Waals surface area contributed by atoms with Gasteiger partial charge in [-0.25, -0.2) is 4.98 Å². The monoisotopic (exact) mass is 267 g/mol. The second kappa shape index (κ2) is 4.73. The van der Waals surface area contributed by atoms with Crippen LogP contribution in [0.4, 0.5) is 5.82 Å². The first-order chi connectivity index (χ1) is 9.63. The van der Waals surface area contributed by atoms with Crippen molar-refractivity contribution < 1.29 is 4.79 Å². The molecule has 3 aromatic rings. The predicted octanol–water partition coefficient (Wildman–Crippen LogP) is 1.99. The molecular formula is C14H13N5O. The second-order valence-corrected chi connectivity index (χ2v) is 4.56. The Balaban J connectivity index is 1.88. The Hall–Kier alpha value is -2.76. The number of nitrogens with one attached hydrogen (secondary N) is 1. The van der Waals surface area contributed by atoms with Crippen molar-refractivity contribution in [1.82, 2.24) is 19.6 Å². The minimum atomic E-state index is -0.216.